The van der Waals surface area contributed by atoms with Gasteiger partial charge in [0.15, 0.2) is 0 Å². The molecular formula is C23H15FN2. The van der Waals surface area contributed by atoms with Crippen LogP contribution in [0, 0.1) is 5.82 Å². The Morgan fingerprint density at radius 2 is 1.62 bits per heavy atom. The predicted octanol–water partition coefficient (Wildman–Crippen LogP) is 5.98. The molecular weight excluding hydrogens is 323 g/mol. The number of aromatic nitrogens is 1. The number of nitrogens with zero attached hydrogens (tertiary/aromatic N) is 1. The highest BCUT2D eigenvalue weighted by molar-refractivity contribution is 6.27. The number of hydrogen-bond acceptors (Lipinski definition) is 1. The summed E-state index contributed by atoms with van der Waals surface area (Å²) in [4.78, 5) is 7.91. The minimum absolute atomic E-state index is 0.238. The lowest BCUT2D eigenvalue weighted by Crippen LogP contribution is -1.94. The van der Waals surface area contributed by atoms with Gasteiger partial charge in [-0.15, -0.1) is 0 Å². The van der Waals surface area contributed by atoms with Gasteiger partial charge in [-0.25, -0.2) is 4.39 Å². The standard InChI is InChI=1S/C23H15FN2/c24-16-11-9-15(10-12-16)23(19-13-25-21-7-3-1-5-17(19)21)20-14-26-22-8-4-2-6-18(20)22/h1-14,25H. The number of para-hydroxylation sites is 2. The van der Waals surface area contributed by atoms with Crippen molar-refractivity contribution in [3.05, 3.63) is 102 Å². The topological polar surface area (TPSA) is 28.1 Å². The molecule has 2 heterocycles. The third-order valence-corrected chi connectivity index (χ3v) is 4.79. The highest BCUT2D eigenvalue weighted by atomic mass is 19.1. The number of hydrogen-bond donors (Lipinski definition) is 1. The lowest BCUT2D eigenvalue weighted by atomic mass is 9.90. The van der Waals surface area contributed by atoms with Crippen LogP contribution in [0.1, 0.15) is 16.7 Å². The highest BCUT2D eigenvalue weighted by Gasteiger charge is 2.20. The van der Waals surface area contributed by atoms with Crippen LogP contribution in [0.4, 0.5) is 10.1 Å². The Balaban J connectivity index is 1.85. The molecule has 0 unspecified atom stereocenters. The van der Waals surface area contributed by atoms with Crippen LogP contribution in [0.2, 0.25) is 0 Å². The van der Waals surface area contributed by atoms with Gasteiger partial charge in [-0.3, -0.25) is 4.99 Å². The molecule has 5 rings (SSSR count). The van der Waals surface area contributed by atoms with Crippen molar-refractivity contribution in [2.24, 2.45) is 4.99 Å². The lowest BCUT2D eigenvalue weighted by Gasteiger charge is -2.12. The van der Waals surface area contributed by atoms with Gasteiger partial charge in [-0.05, 0) is 29.8 Å². The van der Waals surface area contributed by atoms with E-state index in [0.717, 1.165) is 44.4 Å². The monoisotopic (exact) mass is 338 g/mol. The Morgan fingerprint density at radius 3 is 2.50 bits per heavy atom. The zero-order chi connectivity index (χ0) is 17.5. The molecule has 1 aliphatic heterocycles. The maximum absolute atomic E-state index is 13.5. The number of rotatable bonds is 2. The van der Waals surface area contributed by atoms with Gasteiger partial charge in [-0.1, -0.05) is 48.5 Å². The molecule has 1 aliphatic rings. The smallest absolute Gasteiger partial charge is 0.123 e. The zero-order valence-electron chi connectivity index (χ0n) is 13.9. The molecule has 0 saturated carbocycles. The van der Waals surface area contributed by atoms with E-state index in [1.54, 1.807) is 0 Å². The fourth-order valence-electron chi connectivity index (χ4n) is 3.57. The number of allylic oxidation sites excluding steroid dienone is 1. The second-order valence-electron chi connectivity index (χ2n) is 6.32. The maximum Gasteiger partial charge on any atom is 0.123 e. The van der Waals surface area contributed by atoms with Gasteiger partial charge in [0.05, 0.1) is 5.69 Å². The molecule has 1 aromatic heterocycles. The summed E-state index contributed by atoms with van der Waals surface area (Å²) < 4.78 is 13.5. The molecule has 0 bridgehead atoms. The summed E-state index contributed by atoms with van der Waals surface area (Å²) in [7, 11) is 0. The molecule has 3 aromatic carbocycles. The Morgan fingerprint density at radius 1 is 0.846 bits per heavy atom. The molecule has 0 spiro atoms. The largest absolute Gasteiger partial charge is 0.361 e. The molecule has 1 N–H and O–H groups in total. The first-order valence-electron chi connectivity index (χ1n) is 8.51. The molecule has 3 heteroatoms. The van der Waals surface area contributed by atoms with Crippen LogP contribution in [-0.4, -0.2) is 11.2 Å². The molecule has 0 fully saturated rings. The van der Waals surface area contributed by atoms with Gasteiger partial charge in [0.25, 0.3) is 0 Å². The lowest BCUT2D eigenvalue weighted by molar-refractivity contribution is 0.627. The second-order valence-corrected chi connectivity index (χ2v) is 6.32. The van der Waals surface area contributed by atoms with Gasteiger partial charge in [0.2, 0.25) is 0 Å². The van der Waals surface area contributed by atoms with Gasteiger partial charge in [-0.2, -0.15) is 0 Å². The van der Waals surface area contributed by atoms with E-state index in [1.807, 2.05) is 54.9 Å². The molecule has 0 aliphatic carbocycles. The van der Waals surface area contributed by atoms with E-state index in [0.29, 0.717) is 0 Å². The molecule has 4 aromatic rings. The summed E-state index contributed by atoms with van der Waals surface area (Å²) in [5.41, 5.74) is 7.29. The van der Waals surface area contributed by atoms with Crippen molar-refractivity contribution in [2.75, 3.05) is 0 Å². The number of halogens is 1. The summed E-state index contributed by atoms with van der Waals surface area (Å²) >= 11 is 0. The van der Waals surface area contributed by atoms with Crippen molar-refractivity contribution < 1.29 is 4.39 Å². The Bertz CT molecular complexity index is 1180. The minimum atomic E-state index is -0.238. The fourth-order valence-corrected chi connectivity index (χ4v) is 3.57. The molecule has 0 amide bonds. The molecule has 0 radical (unpaired) electrons. The first-order chi connectivity index (χ1) is 12.8. The van der Waals surface area contributed by atoms with Crippen LogP contribution < -0.4 is 0 Å². The van der Waals surface area contributed by atoms with Crippen LogP contribution in [0.25, 0.3) is 22.0 Å². The van der Waals surface area contributed by atoms with E-state index < -0.39 is 0 Å². The number of H-pyrrole nitrogens is 1. The van der Waals surface area contributed by atoms with Gasteiger partial charge >= 0.3 is 0 Å². The van der Waals surface area contributed by atoms with Gasteiger partial charge < -0.3 is 4.98 Å². The highest BCUT2D eigenvalue weighted by Crippen LogP contribution is 2.40. The number of aromatic amines is 1. The van der Waals surface area contributed by atoms with Crippen LogP contribution in [0.5, 0.6) is 0 Å². The molecule has 0 saturated heterocycles. The summed E-state index contributed by atoms with van der Waals surface area (Å²) in [6.45, 7) is 0. The SMILES string of the molecule is Fc1ccc(C(=C2C=Nc3ccccc32)c2c[nH]c3ccccc23)cc1. The Hall–Kier alpha value is -3.46. The van der Waals surface area contributed by atoms with E-state index in [2.05, 4.69) is 28.2 Å². The first kappa shape index (κ1) is 14.8. The van der Waals surface area contributed by atoms with Crippen LogP contribution in [0.3, 0.4) is 0 Å². The fraction of sp³-hybridized carbons (Fsp3) is 0. The van der Waals surface area contributed by atoms with Crippen LogP contribution in [-0.2, 0) is 0 Å². The molecule has 2 nitrogen and oxygen atoms in total. The average Bonchev–Trinajstić information content (AvgIpc) is 3.29. The number of nitrogens with one attached hydrogen (secondary N) is 1. The number of aliphatic imine (C=N–C) groups is 1. The summed E-state index contributed by atoms with van der Waals surface area (Å²) in [5.74, 6) is -0.238. The predicted molar refractivity (Wildman–Crippen MR) is 105 cm³/mol. The average molecular weight is 338 g/mol. The normalized spacial score (nSPS) is 14.7. The zero-order valence-corrected chi connectivity index (χ0v) is 13.9. The Kier molecular flexibility index (Phi) is 3.32. The van der Waals surface area contributed by atoms with Crippen molar-refractivity contribution in [3.63, 3.8) is 0 Å². The van der Waals surface area contributed by atoms with Crippen LogP contribution in [0.15, 0.2) is 84.0 Å². The third kappa shape index (κ3) is 2.29. The Labute approximate surface area is 150 Å². The van der Waals surface area contributed by atoms with E-state index in [-0.39, 0.29) is 5.82 Å². The van der Waals surface area contributed by atoms with E-state index >= 15 is 0 Å². The minimum Gasteiger partial charge on any atom is -0.361 e. The quantitative estimate of drug-likeness (QED) is 0.465. The van der Waals surface area contributed by atoms with E-state index in [4.69, 9.17) is 0 Å². The summed E-state index contributed by atoms with van der Waals surface area (Å²) in [5, 5.41) is 1.14. The summed E-state index contributed by atoms with van der Waals surface area (Å²) in [6, 6.07) is 23.0. The van der Waals surface area contributed by atoms with Crippen molar-refractivity contribution in [3.8, 4) is 0 Å². The van der Waals surface area contributed by atoms with Crippen molar-refractivity contribution in [2.45, 2.75) is 0 Å². The van der Waals surface area contributed by atoms with Gasteiger partial charge in [0, 0.05) is 45.6 Å². The summed E-state index contributed by atoms with van der Waals surface area (Å²) in [6.07, 6.45) is 3.93. The molecule has 0 atom stereocenters. The van der Waals surface area contributed by atoms with Crippen molar-refractivity contribution >= 4 is 34.0 Å². The van der Waals surface area contributed by atoms with Crippen LogP contribution >= 0.6 is 0 Å². The van der Waals surface area contributed by atoms with Crippen molar-refractivity contribution in [1.82, 2.24) is 4.98 Å². The second kappa shape index (κ2) is 5.81. The number of fused-ring (bicyclic) bond motifs is 2. The van der Waals surface area contributed by atoms with E-state index in [1.165, 1.54) is 12.1 Å². The van der Waals surface area contributed by atoms with E-state index in [9.17, 15) is 4.39 Å². The first-order valence-corrected chi connectivity index (χ1v) is 8.51. The van der Waals surface area contributed by atoms with Crippen molar-refractivity contribution in [1.29, 1.82) is 0 Å². The number of benzene rings is 3. The molecule has 124 valence electrons. The van der Waals surface area contributed by atoms with Gasteiger partial charge in [0.1, 0.15) is 5.82 Å². The molecule has 26 heavy (non-hydrogen) atoms. The maximum atomic E-state index is 13.5. The third-order valence-electron chi connectivity index (χ3n) is 4.79.